The molecule has 1 heterocycles. The second kappa shape index (κ2) is 6.37. The molecule has 0 aliphatic heterocycles. The topological polar surface area (TPSA) is 59.8 Å². The molecule has 1 N–H and O–H groups in total. The first-order valence-corrected chi connectivity index (χ1v) is 5.79. The highest BCUT2D eigenvalue weighted by molar-refractivity contribution is 5.80. The van der Waals surface area contributed by atoms with Gasteiger partial charge in [-0.3, -0.25) is 4.79 Å². The Morgan fingerprint density at radius 1 is 1.56 bits per heavy atom. The maximum absolute atomic E-state index is 11.7. The number of hydrogen-bond donors (Lipinski definition) is 1. The molecule has 5 heteroatoms. The SMILES string of the molecule is CCNC(C)CC(=O)Cc1ncnn1CC. The van der Waals surface area contributed by atoms with Crippen LogP contribution < -0.4 is 5.32 Å². The van der Waals surface area contributed by atoms with Gasteiger partial charge in [0.15, 0.2) is 0 Å². The average Bonchev–Trinajstić information content (AvgIpc) is 2.65. The summed E-state index contributed by atoms with van der Waals surface area (Å²) in [5.41, 5.74) is 0. The number of nitrogens with one attached hydrogen (secondary N) is 1. The molecule has 0 bridgehead atoms. The summed E-state index contributed by atoms with van der Waals surface area (Å²) in [6, 6.07) is 0.232. The summed E-state index contributed by atoms with van der Waals surface area (Å²) in [4.78, 5) is 15.8. The van der Waals surface area contributed by atoms with E-state index >= 15 is 0 Å². The van der Waals surface area contributed by atoms with E-state index in [1.165, 1.54) is 6.33 Å². The van der Waals surface area contributed by atoms with Crippen molar-refractivity contribution in [3.63, 3.8) is 0 Å². The summed E-state index contributed by atoms with van der Waals surface area (Å²) in [5, 5.41) is 7.26. The van der Waals surface area contributed by atoms with E-state index in [9.17, 15) is 4.79 Å². The molecule has 0 spiro atoms. The van der Waals surface area contributed by atoms with E-state index in [-0.39, 0.29) is 11.8 Å². The number of aryl methyl sites for hydroxylation is 1. The molecule has 0 aliphatic carbocycles. The third-order valence-corrected chi connectivity index (χ3v) is 2.44. The van der Waals surface area contributed by atoms with Crippen LogP contribution in [0.3, 0.4) is 0 Å². The molecule has 0 amide bonds. The van der Waals surface area contributed by atoms with Crippen molar-refractivity contribution in [2.45, 2.75) is 46.2 Å². The van der Waals surface area contributed by atoms with E-state index in [0.717, 1.165) is 18.9 Å². The molecule has 5 nitrogen and oxygen atoms in total. The van der Waals surface area contributed by atoms with E-state index in [0.29, 0.717) is 12.8 Å². The smallest absolute Gasteiger partial charge is 0.142 e. The summed E-state index contributed by atoms with van der Waals surface area (Å²) in [6.45, 7) is 7.69. The van der Waals surface area contributed by atoms with Crippen LogP contribution in [0.25, 0.3) is 0 Å². The van der Waals surface area contributed by atoms with E-state index in [2.05, 4.69) is 15.4 Å². The van der Waals surface area contributed by atoms with Gasteiger partial charge in [-0.05, 0) is 20.4 Å². The number of rotatable bonds is 7. The summed E-state index contributed by atoms with van der Waals surface area (Å²) in [7, 11) is 0. The molecule has 1 aromatic rings. The Balaban J connectivity index is 2.45. The number of nitrogens with zero attached hydrogens (tertiary/aromatic N) is 3. The van der Waals surface area contributed by atoms with Gasteiger partial charge in [0.1, 0.15) is 17.9 Å². The summed E-state index contributed by atoms with van der Waals surface area (Å²) >= 11 is 0. The fourth-order valence-electron chi connectivity index (χ4n) is 1.70. The van der Waals surface area contributed by atoms with Gasteiger partial charge in [-0.2, -0.15) is 5.10 Å². The van der Waals surface area contributed by atoms with Crippen molar-refractivity contribution in [1.82, 2.24) is 20.1 Å². The van der Waals surface area contributed by atoms with Crippen molar-refractivity contribution in [2.24, 2.45) is 0 Å². The first-order valence-electron chi connectivity index (χ1n) is 5.79. The largest absolute Gasteiger partial charge is 0.314 e. The number of carbonyl (C=O) groups is 1. The zero-order valence-electron chi connectivity index (χ0n) is 10.2. The Hall–Kier alpha value is -1.23. The minimum atomic E-state index is 0.205. The predicted octanol–water partition coefficient (Wildman–Crippen LogP) is 0.798. The van der Waals surface area contributed by atoms with Crippen molar-refractivity contribution in [1.29, 1.82) is 0 Å². The quantitative estimate of drug-likeness (QED) is 0.744. The van der Waals surface area contributed by atoms with Crippen LogP contribution in [0.5, 0.6) is 0 Å². The highest BCUT2D eigenvalue weighted by Gasteiger charge is 2.12. The lowest BCUT2D eigenvalue weighted by molar-refractivity contribution is -0.119. The van der Waals surface area contributed by atoms with Gasteiger partial charge in [-0.25, -0.2) is 9.67 Å². The van der Waals surface area contributed by atoms with Crippen LogP contribution in [0, 0.1) is 0 Å². The first kappa shape index (κ1) is 12.8. The Bertz CT molecular complexity index is 334. The zero-order chi connectivity index (χ0) is 12.0. The van der Waals surface area contributed by atoms with Crippen molar-refractivity contribution in [3.05, 3.63) is 12.2 Å². The van der Waals surface area contributed by atoms with Gasteiger partial charge < -0.3 is 5.32 Å². The maximum atomic E-state index is 11.7. The molecular weight excluding hydrogens is 204 g/mol. The summed E-state index contributed by atoms with van der Waals surface area (Å²) in [6.07, 6.45) is 2.42. The van der Waals surface area contributed by atoms with Gasteiger partial charge in [0.05, 0.1) is 6.42 Å². The van der Waals surface area contributed by atoms with Gasteiger partial charge in [0, 0.05) is 19.0 Å². The summed E-state index contributed by atoms with van der Waals surface area (Å²) < 4.78 is 1.76. The number of hydrogen-bond acceptors (Lipinski definition) is 4. The summed E-state index contributed by atoms with van der Waals surface area (Å²) in [5.74, 6) is 0.965. The third-order valence-electron chi connectivity index (χ3n) is 2.44. The standard InChI is InChI=1S/C11H20N4O/c1-4-12-9(3)6-10(16)7-11-13-8-14-15(11)5-2/h8-9,12H,4-7H2,1-3H3. The molecule has 1 aromatic heterocycles. The molecule has 0 fully saturated rings. The molecule has 0 aliphatic rings. The molecule has 0 radical (unpaired) electrons. The maximum Gasteiger partial charge on any atom is 0.142 e. The monoisotopic (exact) mass is 224 g/mol. The van der Waals surface area contributed by atoms with Gasteiger partial charge >= 0.3 is 0 Å². The van der Waals surface area contributed by atoms with Gasteiger partial charge in [0.25, 0.3) is 0 Å². The van der Waals surface area contributed by atoms with Crippen molar-refractivity contribution in [3.8, 4) is 0 Å². The minimum Gasteiger partial charge on any atom is -0.314 e. The van der Waals surface area contributed by atoms with Crippen LogP contribution in [0.15, 0.2) is 6.33 Å². The molecule has 90 valence electrons. The van der Waals surface area contributed by atoms with Gasteiger partial charge in [0.2, 0.25) is 0 Å². The predicted molar refractivity (Wildman–Crippen MR) is 62.2 cm³/mol. The molecule has 1 atom stereocenters. The van der Waals surface area contributed by atoms with Crippen LogP contribution in [0.4, 0.5) is 0 Å². The van der Waals surface area contributed by atoms with E-state index in [1.807, 2.05) is 20.8 Å². The van der Waals surface area contributed by atoms with Gasteiger partial charge in [-0.1, -0.05) is 6.92 Å². The second-order valence-corrected chi connectivity index (χ2v) is 3.87. The van der Waals surface area contributed by atoms with Gasteiger partial charge in [-0.15, -0.1) is 0 Å². The fraction of sp³-hybridized carbons (Fsp3) is 0.727. The second-order valence-electron chi connectivity index (χ2n) is 3.87. The van der Waals surface area contributed by atoms with E-state index in [4.69, 9.17) is 0 Å². The lowest BCUT2D eigenvalue weighted by Crippen LogP contribution is -2.29. The zero-order valence-corrected chi connectivity index (χ0v) is 10.2. The molecule has 0 saturated heterocycles. The van der Waals surface area contributed by atoms with Crippen molar-refractivity contribution >= 4 is 5.78 Å². The number of Topliss-reactive ketones (excluding diaryl/α,β-unsaturated/α-hetero) is 1. The molecule has 16 heavy (non-hydrogen) atoms. The molecule has 0 aromatic carbocycles. The Kier molecular flexibility index (Phi) is 5.11. The third kappa shape index (κ3) is 3.73. The Labute approximate surface area is 96.3 Å². The van der Waals surface area contributed by atoms with Crippen LogP contribution in [-0.2, 0) is 17.8 Å². The van der Waals surface area contributed by atoms with Crippen molar-refractivity contribution < 1.29 is 4.79 Å². The van der Waals surface area contributed by atoms with Crippen LogP contribution in [0.1, 0.15) is 33.0 Å². The highest BCUT2D eigenvalue weighted by atomic mass is 16.1. The van der Waals surface area contributed by atoms with E-state index < -0.39 is 0 Å². The normalized spacial score (nSPS) is 12.7. The van der Waals surface area contributed by atoms with Crippen LogP contribution in [-0.4, -0.2) is 33.1 Å². The molecule has 1 unspecified atom stereocenters. The fourth-order valence-corrected chi connectivity index (χ4v) is 1.70. The molecule has 0 saturated carbocycles. The molecule has 1 rings (SSSR count). The minimum absolute atomic E-state index is 0.205. The lowest BCUT2D eigenvalue weighted by atomic mass is 10.1. The number of ketones is 1. The lowest BCUT2D eigenvalue weighted by Gasteiger charge is -2.10. The first-order chi connectivity index (χ1) is 7.67. The Morgan fingerprint density at radius 3 is 2.94 bits per heavy atom. The van der Waals surface area contributed by atoms with E-state index in [1.54, 1.807) is 4.68 Å². The number of aromatic nitrogens is 3. The van der Waals surface area contributed by atoms with Crippen molar-refractivity contribution in [2.75, 3.05) is 6.54 Å². The average molecular weight is 224 g/mol. The Morgan fingerprint density at radius 2 is 2.31 bits per heavy atom. The highest BCUT2D eigenvalue weighted by Crippen LogP contribution is 2.01. The number of carbonyl (C=O) groups excluding carboxylic acids is 1. The van der Waals surface area contributed by atoms with Crippen LogP contribution in [0.2, 0.25) is 0 Å². The molecular formula is C11H20N4O. The van der Waals surface area contributed by atoms with Crippen LogP contribution >= 0.6 is 0 Å².